The number of hydrogen-bond acceptors (Lipinski definition) is 5. The van der Waals surface area contributed by atoms with Crippen LogP contribution in [0.15, 0.2) is 65.5 Å². The summed E-state index contributed by atoms with van der Waals surface area (Å²) in [6, 6.07) is 18.7. The van der Waals surface area contributed by atoms with Crippen molar-refractivity contribution in [3.05, 3.63) is 87.8 Å². The van der Waals surface area contributed by atoms with Gasteiger partial charge in [0.25, 0.3) is 11.5 Å². The van der Waals surface area contributed by atoms with E-state index in [9.17, 15) is 9.59 Å². The van der Waals surface area contributed by atoms with Crippen molar-refractivity contribution >= 4 is 32.6 Å². The van der Waals surface area contributed by atoms with Crippen molar-refractivity contribution in [3.8, 4) is 0 Å². The number of carbonyl (C=O) groups is 1. The van der Waals surface area contributed by atoms with Gasteiger partial charge in [-0.15, -0.1) is 0 Å². The molecule has 0 aliphatic carbocycles. The van der Waals surface area contributed by atoms with Gasteiger partial charge < -0.3 is 0 Å². The van der Waals surface area contributed by atoms with E-state index in [2.05, 4.69) is 25.0 Å². The van der Waals surface area contributed by atoms with Crippen molar-refractivity contribution < 1.29 is 4.79 Å². The van der Waals surface area contributed by atoms with Gasteiger partial charge in [0.2, 0.25) is 0 Å². The number of anilines is 1. The molecule has 0 unspecified atom stereocenters. The largest absolute Gasteiger partial charge is 0.280 e. The molecule has 0 fully saturated rings. The number of fused-ring (bicyclic) bond motifs is 1. The Balaban J connectivity index is 1.82. The summed E-state index contributed by atoms with van der Waals surface area (Å²) >= 11 is 1.48. The van der Waals surface area contributed by atoms with Gasteiger partial charge in [-0.1, -0.05) is 67.6 Å². The van der Waals surface area contributed by atoms with E-state index in [-0.39, 0.29) is 17.2 Å². The standard InChI is InChI=1S/C23H22N4O2S/c1-15(2)17-10-7-11-19-21(17)24-23(30-19)27(14-16-8-5-4-6-9-16)22(29)18-12-13-20(28)26(3)25-18/h4-13,15H,14H2,1-3H3. The van der Waals surface area contributed by atoms with Crippen LogP contribution in [0.3, 0.4) is 0 Å². The van der Waals surface area contributed by atoms with E-state index >= 15 is 0 Å². The number of hydrogen-bond donors (Lipinski definition) is 0. The molecule has 2 aromatic heterocycles. The first-order valence-corrected chi connectivity index (χ1v) is 10.6. The topological polar surface area (TPSA) is 68.1 Å². The third kappa shape index (κ3) is 3.89. The zero-order valence-corrected chi connectivity index (χ0v) is 17.9. The Morgan fingerprint density at radius 3 is 2.53 bits per heavy atom. The average Bonchev–Trinajstić information content (AvgIpc) is 3.18. The summed E-state index contributed by atoms with van der Waals surface area (Å²) in [7, 11) is 1.53. The molecule has 6 nitrogen and oxygen atoms in total. The van der Waals surface area contributed by atoms with E-state index in [0.29, 0.717) is 17.6 Å². The van der Waals surface area contributed by atoms with Gasteiger partial charge in [-0.3, -0.25) is 14.5 Å². The molecule has 2 heterocycles. The highest BCUT2D eigenvalue weighted by Gasteiger charge is 2.24. The van der Waals surface area contributed by atoms with Crippen LogP contribution in [0.4, 0.5) is 5.13 Å². The number of carbonyl (C=O) groups excluding carboxylic acids is 1. The molecule has 7 heteroatoms. The highest BCUT2D eigenvalue weighted by Crippen LogP contribution is 2.34. The highest BCUT2D eigenvalue weighted by molar-refractivity contribution is 7.22. The molecule has 30 heavy (non-hydrogen) atoms. The molecule has 0 N–H and O–H groups in total. The van der Waals surface area contributed by atoms with Crippen molar-refractivity contribution in [1.82, 2.24) is 14.8 Å². The molecule has 4 rings (SSSR count). The van der Waals surface area contributed by atoms with Gasteiger partial charge in [0.15, 0.2) is 5.13 Å². The third-order valence-electron chi connectivity index (χ3n) is 4.90. The minimum absolute atomic E-state index is 0.205. The Morgan fingerprint density at radius 1 is 1.07 bits per heavy atom. The zero-order chi connectivity index (χ0) is 21.3. The second kappa shape index (κ2) is 8.20. The van der Waals surface area contributed by atoms with Crippen LogP contribution < -0.4 is 10.5 Å². The maximum atomic E-state index is 13.4. The molecule has 0 aliphatic rings. The first kappa shape index (κ1) is 20.0. The fourth-order valence-electron chi connectivity index (χ4n) is 3.29. The van der Waals surface area contributed by atoms with Crippen LogP contribution >= 0.6 is 11.3 Å². The summed E-state index contributed by atoms with van der Waals surface area (Å²) in [6.45, 7) is 4.63. The second-order valence-corrected chi connectivity index (χ2v) is 8.41. The summed E-state index contributed by atoms with van der Waals surface area (Å²) in [6.07, 6.45) is 0. The van der Waals surface area contributed by atoms with E-state index in [1.807, 2.05) is 42.5 Å². The number of aromatic nitrogens is 3. The second-order valence-electron chi connectivity index (χ2n) is 7.40. The maximum Gasteiger partial charge on any atom is 0.280 e. The molecule has 152 valence electrons. The van der Waals surface area contributed by atoms with Crippen LogP contribution in [0.2, 0.25) is 0 Å². The van der Waals surface area contributed by atoms with Crippen molar-refractivity contribution in [3.63, 3.8) is 0 Å². The average molecular weight is 419 g/mol. The first-order valence-electron chi connectivity index (χ1n) is 9.73. The fourth-order valence-corrected chi connectivity index (χ4v) is 4.28. The van der Waals surface area contributed by atoms with Gasteiger partial charge in [-0.25, -0.2) is 9.67 Å². The lowest BCUT2D eigenvalue weighted by molar-refractivity contribution is 0.0978. The van der Waals surface area contributed by atoms with Crippen LogP contribution in [-0.4, -0.2) is 20.7 Å². The number of benzene rings is 2. The number of rotatable bonds is 5. The SMILES string of the molecule is CC(C)c1cccc2sc(N(Cc3ccccc3)C(=O)c3ccc(=O)n(C)n3)nc12. The quantitative estimate of drug-likeness (QED) is 0.483. The Hall–Kier alpha value is -3.32. The minimum atomic E-state index is -0.292. The van der Waals surface area contributed by atoms with Gasteiger partial charge in [-0.05, 0) is 29.2 Å². The van der Waals surface area contributed by atoms with E-state index in [4.69, 9.17) is 4.98 Å². The van der Waals surface area contributed by atoms with Gasteiger partial charge in [0, 0.05) is 13.1 Å². The fraction of sp³-hybridized carbons (Fsp3) is 0.217. The van der Waals surface area contributed by atoms with Crippen molar-refractivity contribution in [2.75, 3.05) is 4.90 Å². The number of thiazole rings is 1. The van der Waals surface area contributed by atoms with Crippen LogP contribution in [0.25, 0.3) is 10.2 Å². The number of nitrogens with zero attached hydrogens (tertiary/aromatic N) is 4. The highest BCUT2D eigenvalue weighted by atomic mass is 32.1. The smallest absolute Gasteiger partial charge is 0.278 e. The van der Waals surface area contributed by atoms with Crippen LogP contribution in [0.1, 0.15) is 41.4 Å². The normalized spacial score (nSPS) is 11.2. The van der Waals surface area contributed by atoms with E-state index in [0.717, 1.165) is 21.3 Å². The molecule has 0 atom stereocenters. The monoisotopic (exact) mass is 418 g/mol. The molecule has 1 amide bonds. The van der Waals surface area contributed by atoms with E-state index in [1.165, 1.54) is 35.2 Å². The molecule has 0 saturated carbocycles. The lowest BCUT2D eigenvalue weighted by atomic mass is 10.0. The Bertz CT molecular complexity index is 1260. The first-order chi connectivity index (χ1) is 14.4. The Labute approximate surface area is 178 Å². The predicted molar refractivity (Wildman–Crippen MR) is 120 cm³/mol. The molecular weight excluding hydrogens is 396 g/mol. The van der Waals surface area contributed by atoms with E-state index < -0.39 is 0 Å². The third-order valence-corrected chi connectivity index (χ3v) is 5.94. The number of para-hydroxylation sites is 1. The molecule has 4 aromatic rings. The van der Waals surface area contributed by atoms with Crippen molar-refractivity contribution in [2.24, 2.45) is 7.05 Å². The van der Waals surface area contributed by atoms with Gasteiger partial charge in [0.05, 0.1) is 16.8 Å². The number of amides is 1. The lowest BCUT2D eigenvalue weighted by Crippen LogP contribution is -2.33. The van der Waals surface area contributed by atoms with Crippen molar-refractivity contribution in [2.45, 2.75) is 26.3 Å². The van der Waals surface area contributed by atoms with Gasteiger partial charge in [0.1, 0.15) is 5.69 Å². The van der Waals surface area contributed by atoms with Crippen LogP contribution in [0, 0.1) is 0 Å². The molecule has 2 aromatic carbocycles. The van der Waals surface area contributed by atoms with Crippen LogP contribution in [0.5, 0.6) is 0 Å². The summed E-state index contributed by atoms with van der Waals surface area (Å²) < 4.78 is 2.21. The zero-order valence-electron chi connectivity index (χ0n) is 17.1. The molecule has 0 saturated heterocycles. The lowest BCUT2D eigenvalue weighted by Gasteiger charge is -2.19. The predicted octanol–water partition coefficient (Wildman–Crippen LogP) is 4.36. The molecule has 0 aliphatic heterocycles. The van der Waals surface area contributed by atoms with E-state index in [1.54, 1.807) is 4.90 Å². The summed E-state index contributed by atoms with van der Waals surface area (Å²) in [5.41, 5.74) is 3.01. The molecular formula is C23H22N4O2S. The molecule has 0 bridgehead atoms. The van der Waals surface area contributed by atoms with Crippen LogP contribution in [-0.2, 0) is 13.6 Å². The summed E-state index contributed by atoms with van der Waals surface area (Å²) in [5.74, 6) is 0.0341. The van der Waals surface area contributed by atoms with Crippen molar-refractivity contribution in [1.29, 1.82) is 0 Å². The molecule has 0 radical (unpaired) electrons. The summed E-state index contributed by atoms with van der Waals surface area (Å²) in [4.78, 5) is 31.6. The Morgan fingerprint density at radius 2 is 1.83 bits per heavy atom. The molecule has 0 spiro atoms. The maximum absolute atomic E-state index is 13.4. The minimum Gasteiger partial charge on any atom is -0.278 e. The Kier molecular flexibility index (Phi) is 5.46. The summed E-state index contributed by atoms with van der Waals surface area (Å²) in [5, 5.41) is 4.76. The number of aryl methyl sites for hydroxylation is 1. The van der Waals surface area contributed by atoms with Gasteiger partial charge >= 0.3 is 0 Å². The van der Waals surface area contributed by atoms with Gasteiger partial charge in [-0.2, -0.15) is 5.10 Å².